The van der Waals surface area contributed by atoms with Gasteiger partial charge in [-0.15, -0.1) is 0 Å². The van der Waals surface area contributed by atoms with Crippen molar-refractivity contribution in [2.45, 2.75) is 70.4 Å². The van der Waals surface area contributed by atoms with Crippen molar-refractivity contribution in [2.24, 2.45) is 23.7 Å². The molecule has 152 valence electrons. The Morgan fingerprint density at radius 3 is 2.68 bits per heavy atom. The zero-order valence-electron chi connectivity index (χ0n) is 17.3. The molecule has 4 heteroatoms. The van der Waals surface area contributed by atoms with E-state index in [-0.39, 0.29) is 29.8 Å². The molecule has 0 aromatic heterocycles. The van der Waals surface area contributed by atoms with Crippen molar-refractivity contribution in [3.8, 4) is 0 Å². The first-order chi connectivity index (χ1) is 13.3. The van der Waals surface area contributed by atoms with E-state index in [9.17, 15) is 9.90 Å². The number of ether oxygens (including phenoxy) is 2. The molecular weight excluding hydrogens is 352 g/mol. The lowest BCUT2D eigenvalue weighted by Crippen LogP contribution is -2.62. The quantitative estimate of drug-likeness (QED) is 0.624. The molecule has 0 amide bonds. The van der Waals surface area contributed by atoms with E-state index in [1.807, 2.05) is 30.3 Å². The molecule has 0 unspecified atom stereocenters. The third kappa shape index (κ3) is 2.93. The maximum Gasteiger partial charge on any atom is 0.331 e. The second kappa shape index (κ2) is 7.00. The number of carbonyl (C=O) groups is 1. The first-order valence-electron chi connectivity index (χ1n) is 10.6. The van der Waals surface area contributed by atoms with Crippen molar-refractivity contribution in [2.75, 3.05) is 0 Å². The summed E-state index contributed by atoms with van der Waals surface area (Å²) in [7, 11) is 0. The summed E-state index contributed by atoms with van der Waals surface area (Å²) in [6, 6.07) is 9.75. The molecule has 0 spiro atoms. The SMILES string of the molecule is CC(C)[C@@]12C[C@@H](O)[C@@](C)(O1)[C@H]1CC[C@@H](C)[C@H]1[C@@H]2OC(=O)C=Cc1ccccc1. The Morgan fingerprint density at radius 1 is 1.29 bits per heavy atom. The second-order valence-electron chi connectivity index (χ2n) is 9.46. The Morgan fingerprint density at radius 2 is 2.00 bits per heavy atom. The second-order valence-corrected chi connectivity index (χ2v) is 9.46. The van der Waals surface area contributed by atoms with Crippen LogP contribution in [0.2, 0.25) is 0 Å². The molecule has 4 rings (SSSR count). The Bertz CT molecular complexity index is 757. The summed E-state index contributed by atoms with van der Waals surface area (Å²) in [5.74, 6) is 0.719. The summed E-state index contributed by atoms with van der Waals surface area (Å²) < 4.78 is 12.8. The summed E-state index contributed by atoms with van der Waals surface area (Å²) in [5.41, 5.74) is -0.193. The predicted octanol–water partition coefficient (Wildman–Crippen LogP) is 4.22. The molecule has 0 radical (unpaired) electrons. The molecule has 1 aliphatic carbocycles. The van der Waals surface area contributed by atoms with Gasteiger partial charge in [0.15, 0.2) is 0 Å². The molecule has 2 bridgehead atoms. The van der Waals surface area contributed by atoms with Crippen LogP contribution in [0.1, 0.15) is 52.5 Å². The maximum atomic E-state index is 12.8. The molecule has 3 aliphatic rings. The fourth-order valence-electron chi connectivity index (χ4n) is 6.00. The molecule has 3 fully saturated rings. The number of hydrogen-bond donors (Lipinski definition) is 1. The van der Waals surface area contributed by atoms with Gasteiger partial charge in [0, 0.05) is 18.4 Å². The third-order valence-corrected chi connectivity index (χ3v) is 7.64. The van der Waals surface area contributed by atoms with E-state index in [1.54, 1.807) is 6.08 Å². The number of esters is 1. The Labute approximate surface area is 167 Å². The zero-order valence-corrected chi connectivity index (χ0v) is 17.3. The first-order valence-corrected chi connectivity index (χ1v) is 10.6. The predicted molar refractivity (Wildman–Crippen MR) is 108 cm³/mol. The van der Waals surface area contributed by atoms with Crippen LogP contribution in [0.15, 0.2) is 36.4 Å². The van der Waals surface area contributed by atoms with E-state index in [0.717, 1.165) is 18.4 Å². The fourth-order valence-corrected chi connectivity index (χ4v) is 6.00. The number of fused-ring (bicyclic) bond motifs is 4. The first kappa shape index (κ1) is 19.7. The molecule has 4 nitrogen and oxygen atoms in total. The average Bonchev–Trinajstić information content (AvgIpc) is 3.16. The van der Waals surface area contributed by atoms with Gasteiger partial charge in [0.1, 0.15) is 11.7 Å². The third-order valence-electron chi connectivity index (χ3n) is 7.64. The molecule has 28 heavy (non-hydrogen) atoms. The van der Waals surface area contributed by atoms with E-state index in [4.69, 9.17) is 9.47 Å². The van der Waals surface area contributed by atoms with Crippen LogP contribution in [0.3, 0.4) is 0 Å². The number of hydrogen-bond acceptors (Lipinski definition) is 4. The summed E-state index contributed by atoms with van der Waals surface area (Å²) in [5, 5.41) is 10.9. The van der Waals surface area contributed by atoms with Crippen molar-refractivity contribution in [1.82, 2.24) is 0 Å². The lowest BCUT2D eigenvalue weighted by molar-refractivity contribution is -0.263. The van der Waals surface area contributed by atoms with Crippen molar-refractivity contribution >= 4 is 12.0 Å². The normalized spacial score (nSPS) is 42.1. The Hall–Kier alpha value is -1.65. The number of benzene rings is 1. The van der Waals surface area contributed by atoms with Crippen molar-refractivity contribution in [3.05, 3.63) is 42.0 Å². The summed E-state index contributed by atoms with van der Waals surface area (Å²) in [6.45, 7) is 8.53. The monoisotopic (exact) mass is 384 g/mol. The topological polar surface area (TPSA) is 55.8 Å². The summed E-state index contributed by atoms with van der Waals surface area (Å²) in [4.78, 5) is 12.8. The summed E-state index contributed by atoms with van der Waals surface area (Å²) >= 11 is 0. The van der Waals surface area contributed by atoms with Crippen molar-refractivity contribution < 1.29 is 19.4 Å². The smallest absolute Gasteiger partial charge is 0.331 e. The van der Waals surface area contributed by atoms with Gasteiger partial charge in [-0.3, -0.25) is 0 Å². The van der Waals surface area contributed by atoms with Crippen LogP contribution in [0.25, 0.3) is 6.08 Å². The molecular formula is C24H32O4. The average molecular weight is 385 g/mol. The van der Waals surface area contributed by atoms with Gasteiger partial charge in [-0.2, -0.15) is 0 Å². The van der Waals surface area contributed by atoms with Crippen LogP contribution in [0, 0.1) is 23.7 Å². The molecule has 1 saturated carbocycles. The van der Waals surface area contributed by atoms with Gasteiger partial charge in [0.2, 0.25) is 0 Å². The van der Waals surface area contributed by atoms with Gasteiger partial charge in [0.25, 0.3) is 0 Å². The highest BCUT2D eigenvalue weighted by atomic mass is 16.6. The fraction of sp³-hybridized carbons (Fsp3) is 0.625. The molecule has 1 aromatic carbocycles. The lowest BCUT2D eigenvalue weighted by Gasteiger charge is -2.52. The van der Waals surface area contributed by atoms with E-state index >= 15 is 0 Å². The van der Waals surface area contributed by atoms with Crippen LogP contribution in [0.5, 0.6) is 0 Å². The zero-order chi connectivity index (χ0) is 20.1. The molecule has 7 atom stereocenters. The highest BCUT2D eigenvalue weighted by Crippen LogP contribution is 2.62. The van der Waals surface area contributed by atoms with Gasteiger partial charge >= 0.3 is 5.97 Å². The number of aliphatic hydroxyl groups is 1. The molecule has 1 aromatic rings. The van der Waals surface area contributed by atoms with Crippen LogP contribution < -0.4 is 0 Å². The minimum atomic E-state index is -0.621. The highest BCUT2D eigenvalue weighted by molar-refractivity contribution is 5.87. The number of aliphatic hydroxyl groups excluding tert-OH is 1. The highest BCUT2D eigenvalue weighted by Gasteiger charge is 2.70. The minimum absolute atomic E-state index is 0.147. The molecule has 2 aliphatic heterocycles. The van der Waals surface area contributed by atoms with Crippen LogP contribution in [-0.4, -0.2) is 34.5 Å². The van der Waals surface area contributed by atoms with Crippen molar-refractivity contribution in [3.63, 3.8) is 0 Å². The van der Waals surface area contributed by atoms with Gasteiger partial charge in [0.05, 0.1) is 11.7 Å². The van der Waals surface area contributed by atoms with Crippen LogP contribution in [-0.2, 0) is 14.3 Å². The van der Waals surface area contributed by atoms with E-state index < -0.39 is 17.3 Å². The summed E-state index contributed by atoms with van der Waals surface area (Å²) in [6.07, 6.45) is 5.09. The molecule has 2 heterocycles. The van der Waals surface area contributed by atoms with E-state index in [2.05, 4.69) is 27.7 Å². The van der Waals surface area contributed by atoms with Crippen LogP contribution >= 0.6 is 0 Å². The van der Waals surface area contributed by atoms with Gasteiger partial charge < -0.3 is 14.6 Å². The number of rotatable bonds is 4. The van der Waals surface area contributed by atoms with E-state index in [1.165, 1.54) is 6.08 Å². The van der Waals surface area contributed by atoms with Gasteiger partial charge in [-0.25, -0.2) is 4.79 Å². The standard InChI is InChI=1S/C24H32O4/c1-15(2)24-14-19(25)23(4,28-24)18-12-10-16(3)21(18)22(24)27-20(26)13-11-17-8-6-5-7-9-17/h5-9,11,13,15-16,18-19,21-22,25H,10,12,14H2,1-4H3/t16-,18+,19-,21-,22+,23+,24-/m1/s1. The van der Waals surface area contributed by atoms with Gasteiger partial charge in [-0.05, 0) is 49.2 Å². The van der Waals surface area contributed by atoms with Crippen LogP contribution in [0.4, 0.5) is 0 Å². The Balaban J connectivity index is 1.63. The maximum absolute atomic E-state index is 12.8. The number of carbonyl (C=O) groups excluding carboxylic acids is 1. The molecule has 1 N–H and O–H groups in total. The van der Waals surface area contributed by atoms with E-state index in [0.29, 0.717) is 12.3 Å². The lowest BCUT2D eigenvalue weighted by atomic mass is 9.69. The minimum Gasteiger partial charge on any atom is -0.456 e. The Kier molecular flexibility index (Phi) is 4.91. The largest absolute Gasteiger partial charge is 0.456 e. The van der Waals surface area contributed by atoms with Crippen molar-refractivity contribution in [1.29, 1.82) is 0 Å². The van der Waals surface area contributed by atoms with Gasteiger partial charge in [-0.1, -0.05) is 51.1 Å². The molecule has 2 saturated heterocycles.